The van der Waals surface area contributed by atoms with E-state index in [1.54, 1.807) is 6.07 Å². The molecule has 17 heavy (non-hydrogen) atoms. The summed E-state index contributed by atoms with van der Waals surface area (Å²) in [6, 6.07) is 3.01. The number of aryl methyl sites for hydroxylation is 1. The number of nitrogens with zero attached hydrogens (tertiary/aromatic N) is 1. The van der Waals surface area contributed by atoms with Gasteiger partial charge in [0, 0.05) is 29.9 Å². The summed E-state index contributed by atoms with van der Waals surface area (Å²) in [5.41, 5.74) is 3.68. The van der Waals surface area contributed by atoms with Crippen molar-refractivity contribution in [1.82, 2.24) is 4.98 Å². The molecule has 1 N–H and O–H groups in total. The SMILES string of the molecule is CCc1c(C)nc2cc(F)c(Cl)cc2c1NC. The lowest BCUT2D eigenvalue weighted by Gasteiger charge is -2.14. The van der Waals surface area contributed by atoms with Crippen molar-refractivity contribution in [2.75, 3.05) is 12.4 Å². The molecule has 0 aliphatic carbocycles. The van der Waals surface area contributed by atoms with Crippen LogP contribution in [0.25, 0.3) is 10.9 Å². The summed E-state index contributed by atoms with van der Waals surface area (Å²) < 4.78 is 13.4. The van der Waals surface area contributed by atoms with Gasteiger partial charge >= 0.3 is 0 Å². The Balaban J connectivity index is 2.89. The standard InChI is InChI=1S/C13H14ClFN2/c1-4-8-7(2)17-12-6-11(15)10(14)5-9(12)13(8)16-3/h5-6H,4H2,1-3H3,(H,16,17). The average molecular weight is 253 g/mol. The molecule has 0 bridgehead atoms. The van der Waals surface area contributed by atoms with Gasteiger partial charge in [-0.25, -0.2) is 4.39 Å². The molecule has 90 valence electrons. The van der Waals surface area contributed by atoms with Gasteiger partial charge in [-0.15, -0.1) is 0 Å². The van der Waals surface area contributed by atoms with Crippen molar-refractivity contribution in [1.29, 1.82) is 0 Å². The number of hydrogen-bond donors (Lipinski definition) is 1. The van der Waals surface area contributed by atoms with Gasteiger partial charge in [-0.2, -0.15) is 0 Å². The first kappa shape index (κ1) is 12.1. The van der Waals surface area contributed by atoms with Gasteiger partial charge in [0.2, 0.25) is 0 Å². The molecular formula is C13H14ClFN2. The van der Waals surface area contributed by atoms with Crippen LogP contribution in [-0.2, 0) is 6.42 Å². The fourth-order valence-corrected chi connectivity index (χ4v) is 2.30. The van der Waals surface area contributed by atoms with Crippen molar-refractivity contribution in [2.45, 2.75) is 20.3 Å². The Hall–Kier alpha value is -1.35. The van der Waals surface area contributed by atoms with Crippen molar-refractivity contribution in [3.63, 3.8) is 0 Å². The fourth-order valence-electron chi connectivity index (χ4n) is 2.14. The van der Waals surface area contributed by atoms with Crippen molar-refractivity contribution in [2.24, 2.45) is 0 Å². The van der Waals surface area contributed by atoms with Crippen molar-refractivity contribution >= 4 is 28.2 Å². The Bertz CT molecular complexity index is 581. The van der Waals surface area contributed by atoms with Crippen LogP contribution in [0, 0.1) is 12.7 Å². The second-order valence-corrected chi connectivity index (χ2v) is 4.34. The summed E-state index contributed by atoms with van der Waals surface area (Å²) in [5, 5.41) is 4.14. The third-order valence-electron chi connectivity index (χ3n) is 2.94. The first-order valence-electron chi connectivity index (χ1n) is 5.54. The number of aromatic nitrogens is 1. The van der Waals surface area contributed by atoms with Crippen molar-refractivity contribution in [3.05, 3.63) is 34.2 Å². The zero-order valence-electron chi connectivity index (χ0n) is 10.1. The Morgan fingerprint density at radius 2 is 2.12 bits per heavy atom. The summed E-state index contributed by atoms with van der Waals surface area (Å²) in [7, 11) is 1.85. The number of fused-ring (bicyclic) bond motifs is 1. The third kappa shape index (κ3) is 1.95. The Labute approximate surface area is 105 Å². The van der Waals surface area contributed by atoms with Gasteiger partial charge in [0.15, 0.2) is 0 Å². The van der Waals surface area contributed by atoms with Crippen LogP contribution in [0.4, 0.5) is 10.1 Å². The maximum atomic E-state index is 13.4. The highest BCUT2D eigenvalue weighted by atomic mass is 35.5. The van der Waals surface area contributed by atoms with Gasteiger partial charge in [0.05, 0.1) is 10.5 Å². The molecule has 0 saturated carbocycles. The molecule has 2 nitrogen and oxygen atoms in total. The third-order valence-corrected chi connectivity index (χ3v) is 3.23. The minimum atomic E-state index is -0.433. The lowest BCUT2D eigenvalue weighted by atomic mass is 10.0. The topological polar surface area (TPSA) is 24.9 Å². The molecular weight excluding hydrogens is 239 g/mol. The van der Waals surface area contributed by atoms with E-state index in [-0.39, 0.29) is 5.02 Å². The maximum Gasteiger partial charge on any atom is 0.143 e. The van der Waals surface area contributed by atoms with Gasteiger partial charge < -0.3 is 5.32 Å². The van der Waals surface area contributed by atoms with Crippen molar-refractivity contribution in [3.8, 4) is 0 Å². The summed E-state index contributed by atoms with van der Waals surface area (Å²) in [4.78, 5) is 4.42. The van der Waals surface area contributed by atoms with Crippen LogP contribution in [0.15, 0.2) is 12.1 Å². The van der Waals surface area contributed by atoms with E-state index >= 15 is 0 Å². The van der Waals surface area contributed by atoms with Gasteiger partial charge in [-0.3, -0.25) is 4.98 Å². The van der Waals surface area contributed by atoms with E-state index in [4.69, 9.17) is 11.6 Å². The summed E-state index contributed by atoms with van der Waals surface area (Å²) in [5.74, 6) is -0.433. The molecule has 0 amide bonds. The molecule has 2 rings (SSSR count). The van der Waals surface area contributed by atoms with Gasteiger partial charge in [0.25, 0.3) is 0 Å². The number of benzene rings is 1. The Kier molecular flexibility index (Phi) is 3.20. The lowest BCUT2D eigenvalue weighted by molar-refractivity contribution is 0.630. The van der Waals surface area contributed by atoms with E-state index in [1.807, 2.05) is 14.0 Å². The fraction of sp³-hybridized carbons (Fsp3) is 0.308. The predicted molar refractivity (Wildman–Crippen MR) is 70.4 cm³/mol. The van der Waals surface area contributed by atoms with Crippen LogP contribution in [-0.4, -0.2) is 12.0 Å². The van der Waals surface area contributed by atoms with E-state index in [9.17, 15) is 4.39 Å². The molecule has 1 aromatic carbocycles. The number of halogens is 2. The number of pyridine rings is 1. The van der Waals surface area contributed by atoms with Crippen LogP contribution in [0.2, 0.25) is 5.02 Å². The largest absolute Gasteiger partial charge is 0.387 e. The zero-order valence-corrected chi connectivity index (χ0v) is 10.8. The Morgan fingerprint density at radius 1 is 1.41 bits per heavy atom. The molecule has 0 spiro atoms. The minimum Gasteiger partial charge on any atom is -0.387 e. The van der Waals surface area contributed by atoms with Crippen LogP contribution in [0.1, 0.15) is 18.2 Å². The molecule has 1 heterocycles. The number of anilines is 1. The molecule has 1 aromatic heterocycles. The number of nitrogens with one attached hydrogen (secondary N) is 1. The molecule has 0 aliphatic heterocycles. The van der Waals surface area contributed by atoms with E-state index in [2.05, 4.69) is 17.2 Å². The highest BCUT2D eigenvalue weighted by Crippen LogP contribution is 2.31. The van der Waals surface area contributed by atoms with E-state index in [0.29, 0.717) is 5.52 Å². The molecule has 0 radical (unpaired) electrons. The van der Waals surface area contributed by atoms with Gasteiger partial charge in [-0.05, 0) is 25.0 Å². The van der Waals surface area contributed by atoms with E-state index < -0.39 is 5.82 Å². The van der Waals surface area contributed by atoms with Gasteiger partial charge in [0.1, 0.15) is 5.82 Å². The average Bonchev–Trinajstić information content (AvgIpc) is 2.30. The first-order chi connectivity index (χ1) is 8.08. The summed E-state index contributed by atoms with van der Waals surface area (Å²) >= 11 is 5.82. The lowest BCUT2D eigenvalue weighted by Crippen LogP contribution is -2.01. The second-order valence-electron chi connectivity index (χ2n) is 3.94. The molecule has 0 aliphatic rings. The molecule has 0 atom stereocenters. The maximum absolute atomic E-state index is 13.4. The second kappa shape index (κ2) is 4.49. The zero-order chi connectivity index (χ0) is 12.6. The quantitative estimate of drug-likeness (QED) is 0.876. The molecule has 0 fully saturated rings. The van der Waals surface area contributed by atoms with Gasteiger partial charge in [-0.1, -0.05) is 18.5 Å². The summed E-state index contributed by atoms with van der Waals surface area (Å²) in [6.07, 6.45) is 0.875. The monoisotopic (exact) mass is 252 g/mol. The smallest absolute Gasteiger partial charge is 0.143 e. The number of rotatable bonds is 2. The van der Waals surface area contributed by atoms with Crippen LogP contribution >= 0.6 is 11.6 Å². The minimum absolute atomic E-state index is 0.127. The van der Waals surface area contributed by atoms with E-state index in [1.165, 1.54) is 6.07 Å². The van der Waals surface area contributed by atoms with E-state index in [0.717, 1.165) is 28.8 Å². The molecule has 0 saturated heterocycles. The highest BCUT2D eigenvalue weighted by molar-refractivity contribution is 6.31. The Morgan fingerprint density at radius 3 is 2.71 bits per heavy atom. The number of hydrogen-bond acceptors (Lipinski definition) is 2. The summed E-state index contributed by atoms with van der Waals surface area (Å²) in [6.45, 7) is 4.01. The van der Waals surface area contributed by atoms with Crippen molar-refractivity contribution < 1.29 is 4.39 Å². The predicted octanol–water partition coefficient (Wildman–Crippen LogP) is 3.94. The molecule has 4 heteroatoms. The molecule has 0 unspecified atom stereocenters. The van der Waals surface area contributed by atoms with Crippen LogP contribution < -0.4 is 5.32 Å². The van der Waals surface area contributed by atoms with Crippen LogP contribution in [0.5, 0.6) is 0 Å². The van der Waals surface area contributed by atoms with Crippen LogP contribution in [0.3, 0.4) is 0 Å². The highest BCUT2D eigenvalue weighted by Gasteiger charge is 2.12. The first-order valence-corrected chi connectivity index (χ1v) is 5.92. The molecule has 2 aromatic rings. The normalized spacial score (nSPS) is 10.9.